The molecule has 1 N–H and O–H groups in total. The number of carbonyl (C=O) groups excluding carboxylic acids is 1. The van der Waals surface area contributed by atoms with Gasteiger partial charge < -0.3 is 5.32 Å². The molecule has 0 spiro atoms. The first-order chi connectivity index (χ1) is 5.60. The highest BCUT2D eigenvalue weighted by molar-refractivity contribution is 7.93. The van der Waals surface area contributed by atoms with Gasteiger partial charge in [0.05, 0.1) is 0 Å². The van der Waals surface area contributed by atoms with Crippen molar-refractivity contribution in [2.45, 2.75) is 26.3 Å². The van der Waals surface area contributed by atoms with Crippen LogP contribution < -0.4 is 5.32 Å². The Kier molecular flexibility index (Phi) is 3.66. The SMILES string of the molecule is CC(C)(C)NC(=O)/C=C/S(C)(=O)=O. The molecule has 0 unspecified atom stereocenters. The van der Waals surface area contributed by atoms with Gasteiger partial charge in [0.15, 0.2) is 9.84 Å². The molecule has 13 heavy (non-hydrogen) atoms. The van der Waals surface area contributed by atoms with Crippen LogP contribution in [0.2, 0.25) is 0 Å². The summed E-state index contributed by atoms with van der Waals surface area (Å²) < 4.78 is 21.3. The van der Waals surface area contributed by atoms with Gasteiger partial charge in [0, 0.05) is 23.3 Å². The number of hydrogen-bond donors (Lipinski definition) is 1. The molecular weight excluding hydrogens is 190 g/mol. The maximum atomic E-state index is 11.0. The third-order valence-electron chi connectivity index (χ3n) is 0.965. The average Bonchev–Trinajstić information content (AvgIpc) is 1.78. The zero-order valence-corrected chi connectivity index (χ0v) is 9.10. The van der Waals surface area contributed by atoms with Crippen LogP contribution in [-0.4, -0.2) is 26.1 Å². The average molecular weight is 205 g/mol. The molecule has 1 amide bonds. The Balaban J connectivity index is 4.27. The van der Waals surface area contributed by atoms with Crippen LogP contribution in [0.3, 0.4) is 0 Å². The third kappa shape index (κ3) is 9.07. The van der Waals surface area contributed by atoms with Crippen molar-refractivity contribution in [3.8, 4) is 0 Å². The summed E-state index contributed by atoms with van der Waals surface area (Å²) in [6.45, 7) is 5.46. The number of hydrogen-bond acceptors (Lipinski definition) is 3. The Morgan fingerprint density at radius 2 is 1.77 bits per heavy atom. The van der Waals surface area contributed by atoms with Crippen molar-refractivity contribution in [1.82, 2.24) is 5.32 Å². The fourth-order valence-corrected chi connectivity index (χ4v) is 0.967. The van der Waals surface area contributed by atoms with Gasteiger partial charge in [-0.3, -0.25) is 4.79 Å². The molecule has 0 fully saturated rings. The Labute approximate surface area is 78.9 Å². The lowest BCUT2D eigenvalue weighted by molar-refractivity contribution is -0.117. The van der Waals surface area contributed by atoms with Gasteiger partial charge in [-0.25, -0.2) is 8.42 Å². The zero-order valence-electron chi connectivity index (χ0n) is 8.29. The van der Waals surface area contributed by atoms with Crippen LogP contribution in [0.15, 0.2) is 11.5 Å². The van der Waals surface area contributed by atoms with E-state index in [9.17, 15) is 13.2 Å². The van der Waals surface area contributed by atoms with Crippen LogP contribution in [0.1, 0.15) is 20.8 Å². The topological polar surface area (TPSA) is 63.2 Å². The molecule has 0 aliphatic rings. The molecule has 0 aromatic heterocycles. The number of carbonyl (C=O) groups is 1. The molecule has 0 aliphatic carbocycles. The van der Waals surface area contributed by atoms with Gasteiger partial charge in [-0.2, -0.15) is 0 Å². The molecule has 0 saturated carbocycles. The second kappa shape index (κ2) is 3.91. The molecule has 0 bridgehead atoms. The second-order valence-electron chi connectivity index (χ2n) is 3.87. The van der Waals surface area contributed by atoms with E-state index in [0.717, 1.165) is 17.7 Å². The predicted molar refractivity (Wildman–Crippen MR) is 51.9 cm³/mol. The van der Waals surface area contributed by atoms with Crippen LogP contribution >= 0.6 is 0 Å². The van der Waals surface area contributed by atoms with Gasteiger partial charge in [-0.15, -0.1) is 0 Å². The zero-order chi connectivity index (χ0) is 10.7. The molecule has 0 aliphatic heterocycles. The summed E-state index contributed by atoms with van der Waals surface area (Å²) in [5, 5.41) is 3.48. The van der Waals surface area contributed by atoms with Crippen molar-refractivity contribution >= 4 is 15.7 Å². The first kappa shape index (κ1) is 12.2. The van der Waals surface area contributed by atoms with Gasteiger partial charge in [0.25, 0.3) is 0 Å². The van der Waals surface area contributed by atoms with Crippen molar-refractivity contribution < 1.29 is 13.2 Å². The smallest absolute Gasteiger partial charge is 0.245 e. The van der Waals surface area contributed by atoms with Crippen molar-refractivity contribution in [1.29, 1.82) is 0 Å². The fraction of sp³-hybridized carbons (Fsp3) is 0.625. The summed E-state index contributed by atoms with van der Waals surface area (Å²) in [6.07, 6.45) is 2.05. The van der Waals surface area contributed by atoms with Gasteiger partial charge in [0.2, 0.25) is 5.91 Å². The van der Waals surface area contributed by atoms with Gasteiger partial charge >= 0.3 is 0 Å². The minimum Gasteiger partial charge on any atom is -0.348 e. The maximum absolute atomic E-state index is 11.0. The summed E-state index contributed by atoms with van der Waals surface area (Å²) >= 11 is 0. The van der Waals surface area contributed by atoms with E-state index in [1.165, 1.54) is 0 Å². The molecule has 0 aromatic rings. The molecule has 76 valence electrons. The van der Waals surface area contributed by atoms with Crippen LogP contribution in [0.4, 0.5) is 0 Å². The fourth-order valence-electron chi connectivity index (χ4n) is 0.597. The highest BCUT2D eigenvalue weighted by Gasteiger charge is 2.11. The lowest BCUT2D eigenvalue weighted by atomic mass is 10.1. The summed E-state index contributed by atoms with van der Waals surface area (Å²) in [5.41, 5.74) is -0.348. The molecule has 0 saturated heterocycles. The Bertz CT molecular complexity index is 309. The van der Waals surface area contributed by atoms with E-state index in [-0.39, 0.29) is 5.54 Å². The monoisotopic (exact) mass is 205 g/mol. The van der Waals surface area contributed by atoms with Crippen LogP contribution in [0, 0.1) is 0 Å². The standard InChI is InChI=1S/C8H15NO3S/c1-8(2,3)9-7(10)5-6-13(4,11)12/h5-6H,1-4H3,(H,9,10)/b6-5+. The van der Waals surface area contributed by atoms with E-state index >= 15 is 0 Å². The van der Waals surface area contributed by atoms with Crippen molar-refractivity contribution in [2.75, 3.05) is 6.26 Å². The van der Waals surface area contributed by atoms with E-state index in [1.807, 2.05) is 20.8 Å². The molecule has 0 atom stereocenters. The van der Waals surface area contributed by atoms with Crippen molar-refractivity contribution in [2.24, 2.45) is 0 Å². The summed E-state index contributed by atoms with van der Waals surface area (Å²) in [6, 6.07) is 0. The minimum atomic E-state index is -3.22. The van der Waals surface area contributed by atoms with Crippen LogP contribution in [0.5, 0.6) is 0 Å². The number of sulfone groups is 1. The van der Waals surface area contributed by atoms with E-state index < -0.39 is 15.7 Å². The Morgan fingerprint density at radius 1 is 1.31 bits per heavy atom. The molecule has 5 heteroatoms. The van der Waals surface area contributed by atoms with Gasteiger partial charge in [-0.05, 0) is 20.8 Å². The second-order valence-corrected chi connectivity index (χ2v) is 5.80. The van der Waals surface area contributed by atoms with Crippen LogP contribution in [-0.2, 0) is 14.6 Å². The number of rotatable bonds is 2. The summed E-state index contributed by atoms with van der Waals surface area (Å²) in [5.74, 6) is -0.405. The maximum Gasteiger partial charge on any atom is 0.245 e. The molecule has 0 heterocycles. The predicted octanol–water partition coefficient (Wildman–Crippen LogP) is 0.459. The Hall–Kier alpha value is -0.840. The minimum absolute atomic E-state index is 0.348. The van der Waals surface area contributed by atoms with E-state index in [4.69, 9.17) is 0 Å². The highest BCUT2D eigenvalue weighted by Crippen LogP contribution is 1.98. The van der Waals surface area contributed by atoms with E-state index in [1.54, 1.807) is 0 Å². The first-order valence-electron chi connectivity index (χ1n) is 3.80. The lowest BCUT2D eigenvalue weighted by Crippen LogP contribution is -2.39. The van der Waals surface area contributed by atoms with Crippen molar-refractivity contribution in [3.63, 3.8) is 0 Å². The number of amides is 1. The van der Waals surface area contributed by atoms with Crippen molar-refractivity contribution in [3.05, 3.63) is 11.5 Å². The Morgan fingerprint density at radius 3 is 2.08 bits per heavy atom. The van der Waals surface area contributed by atoms with Gasteiger partial charge in [-0.1, -0.05) is 0 Å². The number of nitrogens with one attached hydrogen (secondary N) is 1. The summed E-state index contributed by atoms with van der Waals surface area (Å²) in [4.78, 5) is 11.0. The van der Waals surface area contributed by atoms with Gasteiger partial charge in [0.1, 0.15) is 0 Å². The third-order valence-corrected chi connectivity index (χ3v) is 1.60. The molecular formula is C8H15NO3S. The van der Waals surface area contributed by atoms with Crippen LogP contribution in [0.25, 0.3) is 0 Å². The molecule has 0 radical (unpaired) electrons. The van der Waals surface area contributed by atoms with E-state index in [2.05, 4.69) is 5.32 Å². The quantitative estimate of drug-likeness (QED) is 0.666. The first-order valence-corrected chi connectivity index (χ1v) is 5.76. The largest absolute Gasteiger partial charge is 0.348 e. The molecule has 0 rings (SSSR count). The molecule has 0 aromatic carbocycles. The summed E-state index contributed by atoms with van der Waals surface area (Å²) in [7, 11) is -3.22. The lowest BCUT2D eigenvalue weighted by Gasteiger charge is -2.18. The normalized spacial score (nSPS) is 13.2. The highest BCUT2D eigenvalue weighted by atomic mass is 32.2. The van der Waals surface area contributed by atoms with E-state index in [0.29, 0.717) is 0 Å². The molecule has 4 nitrogen and oxygen atoms in total.